The Morgan fingerprint density at radius 1 is 1.17 bits per heavy atom. The van der Waals surface area contributed by atoms with Gasteiger partial charge in [-0.25, -0.2) is 0 Å². The summed E-state index contributed by atoms with van der Waals surface area (Å²) in [5, 5.41) is 12.9. The monoisotopic (exact) mass is 449 g/mol. The SMILES string of the molecule is CN=C(NCCCc1nnc(SC)n1CC(C)C)N1CCN(C(C)C(F)(F)F)CC1. The molecule has 0 spiro atoms. The Labute approximate surface area is 181 Å². The molecular weight excluding hydrogens is 415 g/mol. The lowest BCUT2D eigenvalue weighted by Crippen LogP contribution is -2.56. The first-order chi connectivity index (χ1) is 14.2. The lowest BCUT2D eigenvalue weighted by atomic mass is 10.2. The van der Waals surface area contributed by atoms with Crippen LogP contribution in [0.1, 0.15) is 33.0 Å². The number of piperazine rings is 1. The second kappa shape index (κ2) is 11.2. The molecule has 1 aromatic heterocycles. The highest BCUT2D eigenvalue weighted by molar-refractivity contribution is 7.98. The molecule has 1 aromatic rings. The summed E-state index contributed by atoms with van der Waals surface area (Å²) in [4.78, 5) is 7.80. The van der Waals surface area contributed by atoms with Crippen molar-refractivity contribution in [3.05, 3.63) is 5.82 Å². The first-order valence-electron chi connectivity index (χ1n) is 10.4. The van der Waals surface area contributed by atoms with Crippen LogP contribution in [-0.4, -0.2) is 88.8 Å². The van der Waals surface area contributed by atoms with E-state index < -0.39 is 12.2 Å². The third-order valence-corrected chi connectivity index (χ3v) is 5.90. The topological polar surface area (TPSA) is 61.6 Å². The number of nitrogens with one attached hydrogen (secondary N) is 1. The van der Waals surface area contributed by atoms with Gasteiger partial charge in [0, 0.05) is 52.7 Å². The van der Waals surface area contributed by atoms with E-state index in [1.54, 1.807) is 18.8 Å². The molecule has 0 amide bonds. The van der Waals surface area contributed by atoms with Crippen LogP contribution in [0.3, 0.4) is 0 Å². The minimum atomic E-state index is -4.19. The fourth-order valence-electron chi connectivity index (χ4n) is 3.51. The number of nitrogens with zero attached hydrogens (tertiary/aromatic N) is 6. The van der Waals surface area contributed by atoms with Crippen molar-refractivity contribution in [2.24, 2.45) is 10.9 Å². The molecule has 172 valence electrons. The lowest BCUT2D eigenvalue weighted by Gasteiger charge is -2.39. The number of thioether (sulfide) groups is 1. The van der Waals surface area contributed by atoms with Gasteiger partial charge in [-0.2, -0.15) is 13.2 Å². The number of halogens is 3. The van der Waals surface area contributed by atoms with Crippen LogP contribution in [0.15, 0.2) is 10.1 Å². The number of rotatable bonds is 8. The minimum Gasteiger partial charge on any atom is -0.356 e. The Kier molecular flexibility index (Phi) is 9.27. The molecule has 2 rings (SSSR count). The van der Waals surface area contributed by atoms with E-state index in [2.05, 4.69) is 38.9 Å². The second-order valence-corrected chi connectivity index (χ2v) is 8.70. The summed E-state index contributed by atoms with van der Waals surface area (Å²) in [7, 11) is 1.71. The van der Waals surface area contributed by atoms with Crippen LogP contribution >= 0.6 is 11.8 Å². The highest BCUT2D eigenvalue weighted by Crippen LogP contribution is 2.25. The zero-order valence-electron chi connectivity index (χ0n) is 18.5. The first-order valence-corrected chi connectivity index (χ1v) is 11.6. The fourth-order valence-corrected chi connectivity index (χ4v) is 4.03. The molecule has 0 radical (unpaired) electrons. The summed E-state index contributed by atoms with van der Waals surface area (Å²) in [5.74, 6) is 2.24. The van der Waals surface area contributed by atoms with Crippen LogP contribution in [0.5, 0.6) is 0 Å². The Balaban J connectivity index is 1.80. The van der Waals surface area contributed by atoms with Crippen molar-refractivity contribution < 1.29 is 13.2 Å². The second-order valence-electron chi connectivity index (χ2n) is 7.93. The number of hydrogen-bond donors (Lipinski definition) is 1. The van der Waals surface area contributed by atoms with Crippen molar-refractivity contribution in [1.29, 1.82) is 0 Å². The summed E-state index contributed by atoms with van der Waals surface area (Å²) in [6.45, 7) is 8.99. The van der Waals surface area contributed by atoms with Gasteiger partial charge in [0.15, 0.2) is 11.1 Å². The van der Waals surface area contributed by atoms with Crippen LogP contribution in [-0.2, 0) is 13.0 Å². The van der Waals surface area contributed by atoms with E-state index in [1.165, 1.54) is 11.8 Å². The van der Waals surface area contributed by atoms with Gasteiger partial charge >= 0.3 is 6.18 Å². The molecule has 1 unspecified atom stereocenters. The molecule has 0 aromatic carbocycles. The first kappa shape index (κ1) is 24.8. The highest BCUT2D eigenvalue weighted by Gasteiger charge is 2.41. The molecule has 1 aliphatic heterocycles. The van der Waals surface area contributed by atoms with Gasteiger partial charge in [-0.15, -0.1) is 10.2 Å². The molecule has 1 atom stereocenters. The predicted octanol–water partition coefficient (Wildman–Crippen LogP) is 2.73. The minimum absolute atomic E-state index is 0.372. The smallest absolute Gasteiger partial charge is 0.356 e. The Morgan fingerprint density at radius 2 is 1.83 bits per heavy atom. The zero-order valence-corrected chi connectivity index (χ0v) is 19.4. The summed E-state index contributed by atoms with van der Waals surface area (Å²) < 4.78 is 40.9. The molecule has 0 aliphatic carbocycles. The van der Waals surface area contributed by atoms with Crippen LogP contribution in [0.25, 0.3) is 0 Å². The van der Waals surface area contributed by atoms with Crippen molar-refractivity contribution in [3.8, 4) is 0 Å². The third-order valence-electron chi connectivity index (χ3n) is 5.23. The van der Waals surface area contributed by atoms with E-state index in [4.69, 9.17) is 0 Å². The maximum absolute atomic E-state index is 12.9. The maximum Gasteiger partial charge on any atom is 0.403 e. The summed E-state index contributed by atoms with van der Waals surface area (Å²) in [5.41, 5.74) is 0. The van der Waals surface area contributed by atoms with Gasteiger partial charge in [0.05, 0.1) is 0 Å². The van der Waals surface area contributed by atoms with Crippen LogP contribution in [0, 0.1) is 5.92 Å². The van der Waals surface area contributed by atoms with Gasteiger partial charge in [0.1, 0.15) is 11.9 Å². The van der Waals surface area contributed by atoms with Gasteiger partial charge in [-0.1, -0.05) is 25.6 Å². The molecule has 7 nitrogen and oxygen atoms in total. The average molecular weight is 450 g/mol. The van der Waals surface area contributed by atoms with Crippen molar-refractivity contribution in [3.63, 3.8) is 0 Å². The summed E-state index contributed by atoms with van der Waals surface area (Å²) >= 11 is 1.60. The molecule has 0 saturated carbocycles. The fraction of sp³-hybridized carbons (Fsp3) is 0.842. The quantitative estimate of drug-likeness (QED) is 0.285. The van der Waals surface area contributed by atoms with Crippen molar-refractivity contribution >= 4 is 17.7 Å². The number of guanidine groups is 1. The van der Waals surface area contributed by atoms with E-state index in [-0.39, 0.29) is 0 Å². The van der Waals surface area contributed by atoms with E-state index in [1.807, 2.05) is 11.2 Å². The molecule has 1 N–H and O–H groups in total. The third kappa shape index (κ3) is 6.76. The van der Waals surface area contributed by atoms with Crippen molar-refractivity contribution in [1.82, 2.24) is 29.9 Å². The maximum atomic E-state index is 12.9. The van der Waals surface area contributed by atoms with Gasteiger partial charge in [0.25, 0.3) is 0 Å². The number of hydrogen-bond acceptors (Lipinski definition) is 5. The molecular formula is C19H34F3N7S. The standard InChI is InChI=1S/C19H34F3N7S/c1-14(2)13-29-16(25-26-18(29)30-5)7-6-8-24-17(23-4)28-11-9-27(10-12-28)15(3)19(20,21)22/h14-15H,6-13H2,1-5H3,(H,23,24). The summed E-state index contributed by atoms with van der Waals surface area (Å²) in [6.07, 6.45) is -0.504. The lowest BCUT2D eigenvalue weighted by molar-refractivity contribution is -0.181. The van der Waals surface area contributed by atoms with E-state index >= 15 is 0 Å². The average Bonchev–Trinajstić information content (AvgIpc) is 3.08. The number of aryl methyl sites for hydroxylation is 1. The largest absolute Gasteiger partial charge is 0.403 e. The van der Waals surface area contributed by atoms with Crippen LogP contribution in [0.4, 0.5) is 13.2 Å². The predicted molar refractivity (Wildman–Crippen MR) is 115 cm³/mol. The van der Waals surface area contributed by atoms with Crippen molar-refractivity contribution in [2.75, 3.05) is 46.0 Å². The Bertz CT molecular complexity index is 682. The number of alkyl halides is 3. The number of aromatic nitrogens is 3. The molecule has 1 fully saturated rings. The van der Waals surface area contributed by atoms with Crippen LogP contribution in [0.2, 0.25) is 0 Å². The van der Waals surface area contributed by atoms with Gasteiger partial charge in [-0.05, 0) is 25.5 Å². The van der Waals surface area contributed by atoms with Gasteiger partial charge in [0.2, 0.25) is 0 Å². The van der Waals surface area contributed by atoms with Crippen LogP contribution < -0.4 is 5.32 Å². The summed E-state index contributed by atoms with van der Waals surface area (Å²) in [6, 6.07) is -1.41. The molecule has 30 heavy (non-hydrogen) atoms. The van der Waals surface area contributed by atoms with Gasteiger partial charge < -0.3 is 14.8 Å². The molecule has 1 aliphatic rings. The zero-order chi connectivity index (χ0) is 22.3. The highest BCUT2D eigenvalue weighted by atomic mass is 32.2. The molecule has 1 saturated heterocycles. The number of aliphatic imine (C=N–C) groups is 1. The molecule has 0 bridgehead atoms. The molecule has 11 heteroatoms. The molecule has 2 heterocycles. The van der Waals surface area contributed by atoms with E-state index in [0.29, 0.717) is 32.1 Å². The normalized spacial score (nSPS) is 17.6. The van der Waals surface area contributed by atoms with Gasteiger partial charge in [-0.3, -0.25) is 9.89 Å². The Morgan fingerprint density at radius 3 is 2.37 bits per heavy atom. The van der Waals surface area contributed by atoms with E-state index in [9.17, 15) is 13.2 Å². The van der Waals surface area contributed by atoms with Crippen molar-refractivity contribution in [2.45, 2.75) is 57.5 Å². The Hall–Kier alpha value is -1.49. The van der Waals surface area contributed by atoms with E-state index in [0.717, 1.165) is 42.9 Å².